The molecule has 0 saturated carbocycles. The van der Waals surface area contributed by atoms with E-state index < -0.39 is 5.60 Å². The fourth-order valence-corrected chi connectivity index (χ4v) is 2.58. The fourth-order valence-electron chi connectivity index (χ4n) is 2.58. The number of hydrogen-bond donors (Lipinski definition) is 1. The van der Waals surface area contributed by atoms with Crippen LogP contribution in [0.3, 0.4) is 0 Å². The summed E-state index contributed by atoms with van der Waals surface area (Å²) in [7, 11) is 0. The molecule has 6 heteroatoms. The molecule has 2 rings (SSSR count). The van der Waals surface area contributed by atoms with Crippen molar-refractivity contribution in [3.05, 3.63) is 36.0 Å². The predicted molar refractivity (Wildman–Crippen MR) is 101 cm³/mol. The zero-order valence-corrected chi connectivity index (χ0v) is 16.0. The van der Waals surface area contributed by atoms with Crippen LogP contribution in [0, 0.1) is 0 Å². The van der Waals surface area contributed by atoms with E-state index in [1.807, 2.05) is 45.0 Å². The normalized spacial score (nSPS) is 11.5. The second-order valence-electron chi connectivity index (χ2n) is 7.14. The lowest BCUT2D eigenvalue weighted by molar-refractivity contribution is -0.143. The molecule has 26 heavy (non-hydrogen) atoms. The smallest absolute Gasteiger partial charge is 0.418 e. The van der Waals surface area contributed by atoms with Crippen LogP contribution in [0.1, 0.15) is 46.1 Å². The third-order valence-electron chi connectivity index (χ3n) is 3.72. The van der Waals surface area contributed by atoms with Gasteiger partial charge in [-0.15, -0.1) is 0 Å². The Bertz CT molecular complexity index is 759. The van der Waals surface area contributed by atoms with Crippen molar-refractivity contribution < 1.29 is 19.1 Å². The molecule has 0 atom stereocenters. The molecule has 1 heterocycles. The Morgan fingerprint density at radius 1 is 1.19 bits per heavy atom. The number of fused-ring (bicyclic) bond motifs is 1. The van der Waals surface area contributed by atoms with Gasteiger partial charge in [-0.05, 0) is 58.4 Å². The molecule has 142 valence electrons. The Balaban J connectivity index is 1.94. The molecule has 0 amide bonds. The van der Waals surface area contributed by atoms with Gasteiger partial charge in [-0.3, -0.25) is 9.36 Å². The maximum absolute atomic E-state index is 12.3. The van der Waals surface area contributed by atoms with Crippen LogP contribution < -0.4 is 5.32 Å². The van der Waals surface area contributed by atoms with E-state index in [9.17, 15) is 9.59 Å². The summed E-state index contributed by atoms with van der Waals surface area (Å²) in [6.45, 7) is 9.16. The molecular formula is C20H28N2O4. The average molecular weight is 360 g/mol. The lowest BCUT2D eigenvalue weighted by Crippen LogP contribution is -2.26. The molecule has 6 nitrogen and oxygen atoms in total. The number of hydrogen-bond acceptors (Lipinski definition) is 5. The maximum atomic E-state index is 12.3. The van der Waals surface area contributed by atoms with E-state index in [4.69, 9.17) is 9.47 Å². The first-order chi connectivity index (χ1) is 12.3. The van der Waals surface area contributed by atoms with Crippen molar-refractivity contribution in [2.24, 2.45) is 0 Å². The van der Waals surface area contributed by atoms with Crippen molar-refractivity contribution in [2.45, 2.75) is 52.7 Å². The van der Waals surface area contributed by atoms with Crippen LogP contribution >= 0.6 is 0 Å². The highest BCUT2D eigenvalue weighted by Crippen LogP contribution is 2.19. The lowest BCUT2D eigenvalue weighted by atomic mass is 10.1. The first-order valence-electron chi connectivity index (χ1n) is 9.00. The summed E-state index contributed by atoms with van der Waals surface area (Å²) >= 11 is 0. The third kappa shape index (κ3) is 5.88. The highest BCUT2D eigenvalue weighted by Gasteiger charge is 2.19. The van der Waals surface area contributed by atoms with Crippen LogP contribution in [-0.4, -0.2) is 35.4 Å². The third-order valence-corrected chi connectivity index (χ3v) is 3.72. The summed E-state index contributed by atoms with van der Waals surface area (Å²) in [4.78, 5) is 23.6. The summed E-state index contributed by atoms with van der Waals surface area (Å²) in [5, 5.41) is 4.30. The van der Waals surface area contributed by atoms with Gasteiger partial charge in [-0.1, -0.05) is 12.1 Å². The molecule has 0 aliphatic heterocycles. The predicted octanol–water partition coefficient (Wildman–Crippen LogP) is 3.86. The highest BCUT2D eigenvalue weighted by atomic mass is 16.6. The number of carbonyl (C=O) groups excluding carboxylic acids is 2. The van der Waals surface area contributed by atoms with Crippen molar-refractivity contribution in [2.75, 3.05) is 13.2 Å². The molecular weight excluding hydrogens is 332 g/mol. The van der Waals surface area contributed by atoms with Gasteiger partial charge in [0.05, 0.1) is 12.1 Å². The maximum Gasteiger partial charge on any atom is 0.418 e. The lowest BCUT2D eigenvalue weighted by Gasteiger charge is -2.19. The van der Waals surface area contributed by atoms with Gasteiger partial charge in [-0.2, -0.15) is 0 Å². The second-order valence-corrected chi connectivity index (χ2v) is 7.14. The van der Waals surface area contributed by atoms with Crippen LogP contribution in [0.2, 0.25) is 0 Å². The molecule has 0 radical (unpaired) electrons. The second kappa shape index (κ2) is 8.85. The van der Waals surface area contributed by atoms with Gasteiger partial charge in [0.1, 0.15) is 5.60 Å². The number of rotatable bonds is 7. The van der Waals surface area contributed by atoms with Gasteiger partial charge < -0.3 is 14.8 Å². The monoisotopic (exact) mass is 360 g/mol. The minimum Gasteiger partial charge on any atom is -0.466 e. The van der Waals surface area contributed by atoms with E-state index in [2.05, 4.69) is 5.32 Å². The number of nitrogens with one attached hydrogen (secondary N) is 1. The quantitative estimate of drug-likeness (QED) is 0.600. The fraction of sp³-hybridized carbons (Fsp3) is 0.500. The zero-order valence-electron chi connectivity index (χ0n) is 16.0. The molecule has 0 spiro atoms. The number of benzene rings is 1. The van der Waals surface area contributed by atoms with Crippen LogP contribution in [0.25, 0.3) is 10.9 Å². The first kappa shape index (κ1) is 20.0. The molecule has 1 N–H and O–H groups in total. The summed E-state index contributed by atoms with van der Waals surface area (Å²) in [6, 6.07) is 7.90. The van der Waals surface area contributed by atoms with Crippen molar-refractivity contribution >= 4 is 23.0 Å². The highest BCUT2D eigenvalue weighted by molar-refractivity contribution is 5.90. The Kier molecular flexibility index (Phi) is 6.80. The van der Waals surface area contributed by atoms with Gasteiger partial charge in [0.2, 0.25) is 0 Å². The zero-order chi connectivity index (χ0) is 19.2. The van der Waals surface area contributed by atoms with E-state index in [1.54, 1.807) is 13.1 Å². The molecule has 0 saturated heterocycles. The molecule has 0 unspecified atom stereocenters. The number of nitrogens with zero attached hydrogens (tertiary/aromatic N) is 1. The topological polar surface area (TPSA) is 69.6 Å². The van der Waals surface area contributed by atoms with Crippen LogP contribution in [0.5, 0.6) is 0 Å². The summed E-state index contributed by atoms with van der Waals surface area (Å²) in [5.41, 5.74) is 1.35. The van der Waals surface area contributed by atoms with Gasteiger partial charge in [0.25, 0.3) is 0 Å². The Morgan fingerprint density at radius 3 is 2.65 bits per heavy atom. The molecule has 0 bridgehead atoms. The van der Waals surface area contributed by atoms with Crippen LogP contribution in [-0.2, 0) is 20.8 Å². The molecule has 1 aromatic carbocycles. The van der Waals surface area contributed by atoms with Crippen molar-refractivity contribution in [3.63, 3.8) is 0 Å². The summed E-state index contributed by atoms with van der Waals surface area (Å²) < 4.78 is 11.9. The Hall–Kier alpha value is -2.34. The Labute approximate surface area is 154 Å². The van der Waals surface area contributed by atoms with Gasteiger partial charge in [0, 0.05) is 24.5 Å². The van der Waals surface area contributed by atoms with Gasteiger partial charge >= 0.3 is 12.1 Å². The number of esters is 1. The first-order valence-corrected chi connectivity index (χ1v) is 9.00. The van der Waals surface area contributed by atoms with E-state index in [0.717, 1.165) is 29.4 Å². The molecule has 0 fully saturated rings. The number of carbonyl (C=O) groups is 2. The van der Waals surface area contributed by atoms with E-state index in [0.29, 0.717) is 19.6 Å². The molecule has 0 aliphatic carbocycles. The average Bonchev–Trinajstić information content (AvgIpc) is 2.96. The molecule has 0 aliphatic rings. The van der Waals surface area contributed by atoms with Crippen LogP contribution in [0.15, 0.2) is 30.5 Å². The summed E-state index contributed by atoms with van der Waals surface area (Å²) in [5.74, 6) is -0.161. The van der Waals surface area contributed by atoms with Crippen molar-refractivity contribution in [1.82, 2.24) is 9.88 Å². The minimum atomic E-state index is -0.536. The summed E-state index contributed by atoms with van der Waals surface area (Å²) in [6.07, 6.45) is 2.50. The van der Waals surface area contributed by atoms with Gasteiger partial charge in [0.15, 0.2) is 0 Å². The minimum absolute atomic E-state index is 0.161. The van der Waals surface area contributed by atoms with E-state index >= 15 is 0 Å². The number of ether oxygens (including phenoxy) is 2. The van der Waals surface area contributed by atoms with Crippen molar-refractivity contribution in [1.29, 1.82) is 0 Å². The standard InChI is InChI=1S/C20H28N2O4/c1-5-25-18(23)7-6-11-21-14-15-8-9-16-10-12-22(17(16)13-15)19(24)26-20(2,3)4/h8-10,12-13,21H,5-7,11,14H2,1-4H3. The van der Waals surface area contributed by atoms with Crippen LogP contribution in [0.4, 0.5) is 4.79 Å². The Morgan fingerprint density at radius 2 is 1.96 bits per heavy atom. The van der Waals surface area contributed by atoms with Crippen molar-refractivity contribution in [3.8, 4) is 0 Å². The van der Waals surface area contributed by atoms with Gasteiger partial charge in [-0.25, -0.2) is 4.79 Å². The van der Waals surface area contributed by atoms with E-state index in [1.165, 1.54) is 4.57 Å². The SMILES string of the molecule is CCOC(=O)CCCNCc1ccc2ccn(C(=O)OC(C)(C)C)c2c1. The number of aromatic nitrogens is 1. The molecule has 2 aromatic rings. The molecule has 1 aromatic heterocycles. The van der Waals surface area contributed by atoms with E-state index in [-0.39, 0.29) is 12.1 Å². The largest absolute Gasteiger partial charge is 0.466 e.